The second-order valence-corrected chi connectivity index (χ2v) is 5.71. The lowest BCUT2D eigenvalue weighted by atomic mass is 10.1. The van der Waals surface area contributed by atoms with Crippen molar-refractivity contribution in [3.63, 3.8) is 0 Å². The van der Waals surface area contributed by atoms with Crippen LogP contribution in [-0.2, 0) is 0 Å². The summed E-state index contributed by atoms with van der Waals surface area (Å²) in [5.74, 6) is 0. The quantitative estimate of drug-likeness (QED) is 0.731. The molecule has 2 aromatic carbocycles. The van der Waals surface area contributed by atoms with Crippen LogP contribution in [0.3, 0.4) is 0 Å². The molecular formula is C22H32N2O. The summed E-state index contributed by atoms with van der Waals surface area (Å²) in [5.41, 5.74) is 6.97. The van der Waals surface area contributed by atoms with Crippen LogP contribution in [0, 0.1) is 0 Å². The van der Waals surface area contributed by atoms with E-state index >= 15 is 0 Å². The highest BCUT2D eigenvalue weighted by Crippen LogP contribution is 2.22. The van der Waals surface area contributed by atoms with Crippen molar-refractivity contribution in [3.05, 3.63) is 72.8 Å². The Morgan fingerprint density at radius 2 is 1.04 bits per heavy atom. The van der Waals surface area contributed by atoms with E-state index in [0.717, 1.165) is 24.2 Å². The van der Waals surface area contributed by atoms with Crippen molar-refractivity contribution in [1.29, 1.82) is 0 Å². The Balaban J connectivity index is 0.000000443. The van der Waals surface area contributed by atoms with Crippen molar-refractivity contribution in [2.45, 2.75) is 27.7 Å². The topological polar surface area (TPSA) is 55.6 Å². The SMILES string of the molecule is C=C(C)c1ccccc1NCC.C=C(C)c1ccccc1NCC.O. The van der Waals surface area contributed by atoms with Crippen LogP contribution in [0.25, 0.3) is 11.1 Å². The summed E-state index contributed by atoms with van der Waals surface area (Å²) < 4.78 is 0. The molecule has 0 unspecified atom stereocenters. The number of para-hydroxylation sites is 2. The Hall–Kier alpha value is -2.52. The number of nitrogens with one attached hydrogen (secondary N) is 2. The molecule has 0 bridgehead atoms. The molecule has 0 amide bonds. The van der Waals surface area contributed by atoms with E-state index in [-0.39, 0.29) is 5.48 Å². The molecule has 0 aliphatic carbocycles. The zero-order valence-corrected chi connectivity index (χ0v) is 15.9. The average Bonchev–Trinajstić information content (AvgIpc) is 2.57. The normalized spacial score (nSPS) is 9.12. The van der Waals surface area contributed by atoms with Crippen LogP contribution in [0.2, 0.25) is 0 Å². The molecule has 0 heterocycles. The lowest BCUT2D eigenvalue weighted by molar-refractivity contribution is 0.824. The minimum Gasteiger partial charge on any atom is -0.412 e. The fourth-order valence-corrected chi connectivity index (χ4v) is 2.40. The Labute approximate surface area is 152 Å². The third-order valence-electron chi connectivity index (χ3n) is 3.51. The molecule has 0 atom stereocenters. The lowest BCUT2D eigenvalue weighted by Crippen LogP contribution is -1.98. The van der Waals surface area contributed by atoms with Crippen LogP contribution in [-0.4, -0.2) is 18.6 Å². The van der Waals surface area contributed by atoms with Crippen molar-refractivity contribution in [2.24, 2.45) is 0 Å². The van der Waals surface area contributed by atoms with Crippen LogP contribution in [0.15, 0.2) is 61.7 Å². The molecule has 4 N–H and O–H groups in total. The molecule has 0 radical (unpaired) electrons. The highest BCUT2D eigenvalue weighted by atomic mass is 16.0. The number of rotatable bonds is 6. The number of anilines is 2. The summed E-state index contributed by atoms with van der Waals surface area (Å²) in [4.78, 5) is 0. The van der Waals surface area contributed by atoms with Gasteiger partial charge in [0, 0.05) is 24.5 Å². The minimum absolute atomic E-state index is 0. The van der Waals surface area contributed by atoms with E-state index in [1.165, 1.54) is 22.5 Å². The highest BCUT2D eigenvalue weighted by Gasteiger charge is 1.99. The summed E-state index contributed by atoms with van der Waals surface area (Å²) in [5, 5.41) is 6.59. The zero-order valence-electron chi connectivity index (χ0n) is 15.9. The van der Waals surface area contributed by atoms with E-state index in [1.807, 2.05) is 38.1 Å². The van der Waals surface area contributed by atoms with E-state index in [1.54, 1.807) is 0 Å². The number of benzene rings is 2. The first-order chi connectivity index (χ1) is 11.5. The first-order valence-corrected chi connectivity index (χ1v) is 8.48. The van der Waals surface area contributed by atoms with Crippen LogP contribution in [0.5, 0.6) is 0 Å². The van der Waals surface area contributed by atoms with Gasteiger partial charge in [0.1, 0.15) is 0 Å². The third-order valence-corrected chi connectivity index (χ3v) is 3.51. The molecular weight excluding hydrogens is 308 g/mol. The summed E-state index contributed by atoms with van der Waals surface area (Å²) >= 11 is 0. The maximum atomic E-state index is 3.93. The second-order valence-electron chi connectivity index (χ2n) is 5.71. The predicted molar refractivity (Wildman–Crippen MR) is 114 cm³/mol. The van der Waals surface area contributed by atoms with Gasteiger partial charge >= 0.3 is 0 Å². The smallest absolute Gasteiger partial charge is 0.0416 e. The summed E-state index contributed by atoms with van der Waals surface area (Å²) in [6.45, 7) is 18.0. The molecule has 0 aliphatic heterocycles. The maximum Gasteiger partial charge on any atom is 0.0416 e. The van der Waals surface area contributed by atoms with Gasteiger partial charge in [-0.25, -0.2) is 0 Å². The number of allylic oxidation sites excluding steroid dienone is 2. The summed E-state index contributed by atoms with van der Waals surface area (Å²) in [7, 11) is 0. The van der Waals surface area contributed by atoms with E-state index < -0.39 is 0 Å². The summed E-state index contributed by atoms with van der Waals surface area (Å²) in [6.07, 6.45) is 0. The van der Waals surface area contributed by atoms with Gasteiger partial charge in [0.2, 0.25) is 0 Å². The van der Waals surface area contributed by atoms with Crippen molar-refractivity contribution < 1.29 is 5.48 Å². The minimum atomic E-state index is 0. The van der Waals surface area contributed by atoms with Crippen molar-refractivity contribution in [1.82, 2.24) is 0 Å². The van der Waals surface area contributed by atoms with E-state index in [2.05, 4.69) is 61.9 Å². The highest BCUT2D eigenvalue weighted by molar-refractivity contribution is 5.74. The third kappa shape index (κ3) is 7.27. The van der Waals surface area contributed by atoms with Crippen molar-refractivity contribution in [2.75, 3.05) is 23.7 Å². The zero-order chi connectivity index (χ0) is 17.9. The molecule has 0 aromatic heterocycles. The standard InChI is InChI=1S/2C11H15N.H2O/c2*1-4-12-11-8-6-5-7-10(11)9(2)3;/h2*5-8,12H,2,4H2,1,3H3;1H2. The monoisotopic (exact) mass is 340 g/mol. The van der Waals surface area contributed by atoms with Gasteiger partial charge in [0.05, 0.1) is 0 Å². The van der Waals surface area contributed by atoms with Crippen LogP contribution >= 0.6 is 0 Å². The predicted octanol–water partition coefficient (Wildman–Crippen LogP) is 5.48. The van der Waals surface area contributed by atoms with Gasteiger partial charge in [-0.3, -0.25) is 0 Å². The average molecular weight is 341 g/mol. The molecule has 0 fully saturated rings. The van der Waals surface area contributed by atoms with Gasteiger partial charge in [0.15, 0.2) is 0 Å². The summed E-state index contributed by atoms with van der Waals surface area (Å²) in [6, 6.07) is 16.5. The molecule has 0 saturated carbocycles. The largest absolute Gasteiger partial charge is 0.412 e. The fourth-order valence-electron chi connectivity index (χ4n) is 2.40. The van der Waals surface area contributed by atoms with E-state index in [9.17, 15) is 0 Å². The Morgan fingerprint density at radius 3 is 1.32 bits per heavy atom. The van der Waals surface area contributed by atoms with Gasteiger partial charge in [-0.15, -0.1) is 0 Å². The molecule has 136 valence electrons. The molecule has 2 rings (SSSR count). The van der Waals surface area contributed by atoms with Crippen LogP contribution in [0.1, 0.15) is 38.8 Å². The van der Waals surface area contributed by atoms with Gasteiger partial charge in [-0.2, -0.15) is 0 Å². The fraction of sp³-hybridized carbons (Fsp3) is 0.273. The number of hydrogen-bond acceptors (Lipinski definition) is 2. The molecule has 0 saturated heterocycles. The van der Waals surface area contributed by atoms with Crippen LogP contribution in [0.4, 0.5) is 11.4 Å². The molecule has 0 spiro atoms. The molecule has 25 heavy (non-hydrogen) atoms. The van der Waals surface area contributed by atoms with Gasteiger partial charge in [0.25, 0.3) is 0 Å². The van der Waals surface area contributed by atoms with Gasteiger partial charge < -0.3 is 16.1 Å². The van der Waals surface area contributed by atoms with E-state index in [0.29, 0.717) is 0 Å². The van der Waals surface area contributed by atoms with Crippen LogP contribution < -0.4 is 10.6 Å². The molecule has 3 nitrogen and oxygen atoms in total. The van der Waals surface area contributed by atoms with E-state index in [4.69, 9.17) is 0 Å². The first-order valence-electron chi connectivity index (χ1n) is 8.48. The Kier molecular flexibility index (Phi) is 10.7. The van der Waals surface area contributed by atoms with Gasteiger partial charge in [-0.1, -0.05) is 49.6 Å². The Morgan fingerprint density at radius 1 is 0.720 bits per heavy atom. The first kappa shape index (κ1) is 22.5. The van der Waals surface area contributed by atoms with Crippen molar-refractivity contribution in [3.8, 4) is 0 Å². The number of hydrogen-bond donors (Lipinski definition) is 2. The lowest BCUT2D eigenvalue weighted by Gasteiger charge is -2.09. The van der Waals surface area contributed by atoms with Crippen molar-refractivity contribution >= 4 is 22.5 Å². The molecule has 3 heteroatoms. The molecule has 0 aliphatic rings. The second kappa shape index (κ2) is 11.9. The molecule has 2 aromatic rings. The van der Waals surface area contributed by atoms with Gasteiger partial charge in [-0.05, 0) is 62.1 Å². The maximum absolute atomic E-state index is 3.93. The Bertz CT molecular complexity index is 618.